The molecule has 2 aliphatic heterocycles. The highest BCUT2D eigenvalue weighted by molar-refractivity contribution is 7.89. The molecule has 10 nitrogen and oxygen atoms in total. The molecule has 0 radical (unpaired) electrons. The van der Waals surface area contributed by atoms with E-state index in [9.17, 15) is 23.3 Å². The molecule has 2 aliphatic rings. The number of rotatable bonds is 5. The number of nitriles is 1. The molecule has 0 spiro atoms. The number of carbonyl (C=O) groups is 2. The lowest BCUT2D eigenvalue weighted by atomic mass is 10.0. The van der Waals surface area contributed by atoms with Crippen LogP contribution in [-0.2, 0) is 32.5 Å². The molecule has 12 heteroatoms. The lowest BCUT2D eigenvalue weighted by Crippen LogP contribution is -2.40. The normalized spacial score (nSPS) is 16.4. The van der Waals surface area contributed by atoms with E-state index in [1.54, 1.807) is 11.8 Å². The van der Waals surface area contributed by atoms with Crippen molar-refractivity contribution >= 4 is 38.4 Å². The van der Waals surface area contributed by atoms with E-state index in [1.165, 1.54) is 39.9 Å². The molecule has 0 bridgehead atoms. The van der Waals surface area contributed by atoms with E-state index in [-0.39, 0.29) is 30.2 Å². The van der Waals surface area contributed by atoms with E-state index >= 15 is 0 Å². The molecule has 0 aliphatic carbocycles. The number of anilines is 1. The summed E-state index contributed by atoms with van der Waals surface area (Å²) < 4.78 is 37.2. The molecule has 0 saturated carbocycles. The summed E-state index contributed by atoms with van der Waals surface area (Å²) in [6.07, 6.45) is 0.0927. The Balaban J connectivity index is 1.49. The molecule has 180 valence electrons. The Morgan fingerprint density at radius 1 is 1.21 bits per heavy atom. The lowest BCUT2D eigenvalue weighted by molar-refractivity contribution is 0.0730. The summed E-state index contributed by atoms with van der Waals surface area (Å²) in [4.78, 5) is 27.4. The van der Waals surface area contributed by atoms with Gasteiger partial charge in [-0.3, -0.25) is 4.79 Å². The first-order valence-corrected chi connectivity index (χ1v) is 13.1. The number of fused-ring (bicyclic) bond motifs is 1. The van der Waals surface area contributed by atoms with Crippen LogP contribution in [0.5, 0.6) is 0 Å². The van der Waals surface area contributed by atoms with Crippen LogP contribution in [0.15, 0.2) is 29.2 Å². The molecule has 1 aromatic carbocycles. The number of nitrogens with zero attached hydrogens (tertiary/aromatic N) is 3. The third kappa shape index (κ3) is 4.78. The van der Waals surface area contributed by atoms with Gasteiger partial charge in [-0.15, -0.1) is 11.3 Å². The first-order valence-electron chi connectivity index (χ1n) is 10.8. The zero-order valence-electron chi connectivity index (χ0n) is 18.6. The van der Waals surface area contributed by atoms with Crippen molar-refractivity contribution in [3.63, 3.8) is 0 Å². The number of ether oxygens (including phenoxy) is 2. The van der Waals surface area contributed by atoms with E-state index in [2.05, 4.69) is 11.4 Å². The van der Waals surface area contributed by atoms with Crippen LogP contribution >= 0.6 is 11.3 Å². The fourth-order valence-corrected chi connectivity index (χ4v) is 6.49. The maximum Gasteiger partial charge on any atom is 0.410 e. The fraction of sp³-hybridized carbons (Fsp3) is 0.409. The van der Waals surface area contributed by atoms with Crippen LogP contribution in [0.2, 0.25) is 0 Å². The molecule has 3 heterocycles. The van der Waals surface area contributed by atoms with Gasteiger partial charge in [-0.25, -0.2) is 13.2 Å². The molecule has 2 aromatic rings. The minimum Gasteiger partial charge on any atom is -0.450 e. The third-order valence-corrected chi connectivity index (χ3v) is 8.69. The van der Waals surface area contributed by atoms with Gasteiger partial charge in [0.15, 0.2) is 0 Å². The Kier molecular flexibility index (Phi) is 7.18. The minimum absolute atomic E-state index is 0.106. The molecule has 1 fully saturated rings. The largest absolute Gasteiger partial charge is 0.450 e. The molecule has 0 atom stereocenters. The van der Waals surface area contributed by atoms with E-state index < -0.39 is 22.0 Å². The molecule has 4 rings (SSSR count). The number of thiophene rings is 1. The Bertz CT molecular complexity index is 1230. The Morgan fingerprint density at radius 3 is 2.56 bits per heavy atom. The fourth-order valence-electron chi connectivity index (χ4n) is 3.87. The number of nitrogens with one attached hydrogen (secondary N) is 1. The van der Waals surface area contributed by atoms with Gasteiger partial charge in [0, 0.05) is 30.1 Å². The van der Waals surface area contributed by atoms with Crippen LogP contribution in [0, 0.1) is 11.3 Å². The monoisotopic (exact) mass is 504 g/mol. The van der Waals surface area contributed by atoms with Crippen molar-refractivity contribution in [2.75, 3.05) is 44.8 Å². The van der Waals surface area contributed by atoms with Gasteiger partial charge in [0.1, 0.15) is 11.1 Å². The average Bonchev–Trinajstić information content (AvgIpc) is 3.20. The van der Waals surface area contributed by atoms with E-state index in [1.807, 2.05) is 0 Å². The minimum atomic E-state index is -3.65. The average molecular weight is 505 g/mol. The summed E-state index contributed by atoms with van der Waals surface area (Å²) in [6.45, 7) is 4.05. The van der Waals surface area contributed by atoms with E-state index in [0.717, 1.165) is 10.4 Å². The molecule has 34 heavy (non-hydrogen) atoms. The second-order valence-electron chi connectivity index (χ2n) is 7.69. The standard InChI is InChI=1S/C22H24N4O6S2/c1-2-32-22(28)25-8-7-17-18(13-23)21(33-19(17)14-25)24-20(27)15-3-5-16(6-4-15)34(29,30)26-9-11-31-12-10-26/h3-6H,2,7-12,14H2,1H3,(H,24,27). The van der Waals surface area contributed by atoms with Gasteiger partial charge in [-0.05, 0) is 43.2 Å². The maximum atomic E-state index is 12.8. The van der Waals surface area contributed by atoms with Crippen LogP contribution < -0.4 is 5.32 Å². The van der Waals surface area contributed by atoms with Crippen LogP contribution in [0.3, 0.4) is 0 Å². The van der Waals surface area contributed by atoms with Gasteiger partial charge in [0.05, 0.1) is 36.8 Å². The summed E-state index contributed by atoms with van der Waals surface area (Å²) >= 11 is 1.26. The van der Waals surface area contributed by atoms with Gasteiger partial charge in [0.25, 0.3) is 5.91 Å². The van der Waals surface area contributed by atoms with Crippen molar-refractivity contribution in [1.82, 2.24) is 9.21 Å². The number of carbonyl (C=O) groups excluding carboxylic acids is 2. The predicted octanol–water partition coefficient (Wildman–Crippen LogP) is 2.41. The highest BCUT2D eigenvalue weighted by atomic mass is 32.2. The van der Waals surface area contributed by atoms with Crippen LogP contribution in [0.25, 0.3) is 0 Å². The summed E-state index contributed by atoms with van der Waals surface area (Å²) in [6, 6.07) is 7.87. The van der Waals surface area contributed by atoms with Crippen molar-refractivity contribution in [2.24, 2.45) is 0 Å². The summed E-state index contributed by atoms with van der Waals surface area (Å²) in [5, 5.41) is 12.9. The highest BCUT2D eigenvalue weighted by Gasteiger charge is 2.29. The molecule has 1 aromatic heterocycles. The van der Waals surface area contributed by atoms with Crippen LogP contribution in [0.1, 0.15) is 33.3 Å². The van der Waals surface area contributed by atoms with Gasteiger partial charge < -0.3 is 19.7 Å². The molecular formula is C22H24N4O6S2. The second-order valence-corrected chi connectivity index (χ2v) is 10.7. The highest BCUT2D eigenvalue weighted by Crippen LogP contribution is 2.37. The number of sulfonamides is 1. The number of amides is 2. The van der Waals surface area contributed by atoms with E-state index in [0.29, 0.717) is 43.3 Å². The summed E-state index contributed by atoms with van der Waals surface area (Å²) in [5.41, 5.74) is 1.49. The molecule has 1 N–H and O–H groups in total. The lowest BCUT2D eigenvalue weighted by Gasteiger charge is -2.26. The van der Waals surface area contributed by atoms with Gasteiger partial charge in [-0.2, -0.15) is 9.57 Å². The number of benzene rings is 1. The van der Waals surface area contributed by atoms with Crippen molar-refractivity contribution in [2.45, 2.75) is 24.8 Å². The SMILES string of the molecule is CCOC(=O)N1CCc2c(sc(NC(=O)c3ccc(S(=O)(=O)N4CCOCC4)cc3)c2C#N)C1. The van der Waals surface area contributed by atoms with Gasteiger partial charge in [-0.1, -0.05) is 0 Å². The number of hydrogen-bond donors (Lipinski definition) is 1. The number of morpholine rings is 1. The number of hydrogen-bond acceptors (Lipinski definition) is 8. The zero-order chi connectivity index (χ0) is 24.3. The van der Waals surface area contributed by atoms with Gasteiger partial charge >= 0.3 is 6.09 Å². The maximum absolute atomic E-state index is 12.8. The Hall–Kier alpha value is -2.98. The van der Waals surface area contributed by atoms with Crippen molar-refractivity contribution in [3.05, 3.63) is 45.8 Å². The Labute approximate surface area is 201 Å². The van der Waals surface area contributed by atoms with Crippen LogP contribution in [0.4, 0.5) is 9.80 Å². The second kappa shape index (κ2) is 10.1. The predicted molar refractivity (Wildman–Crippen MR) is 124 cm³/mol. The zero-order valence-corrected chi connectivity index (χ0v) is 20.2. The summed E-state index contributed by atoms with van der Waals surface area (Å²) in [5.74, 6) is -0.451. The van der Waals surface area contributed by atoms with Gasteiger partial charge in [0.2, 0.25) is 10.0 Å². The third-order valence-electron chi connectivity index (χ3n) is 5.65. The Morgan fingerprint density at radius 2 is 1.91 bits per heavy atom. The molecule has 2 amide bonds. The van der Waals surface area contributed by atoms with Crippen molar-refractivity contribution < 1.29 is 27.5 Å². The smallest absolute Gasteiger partial charge is 0.410 e. The quantitative estimate of drug-likeness (QED) is 0.662. The first-order chi connectivity index (χ1) is 16.3. The van der Waals surface area contributed by atoms with Crippen LogP contribution in [-0.4, -0.2) is 69.1 Å². The van der Waals surface area contributed by atoms with E-state index in [4.69, 9.17) is 9.47 Å². The van der Waals surface area contributed by atoms with Crippen molar-refractivity contribution in [1.29, 1.82) is 5.26 Å². The molecule has 0 unspecified atom stereocenters. The summed E-state index contributed by atoms with van der Waals surface area (Å²) in [7, 11) is -3.65. The first kappa shape index (κ1) is 24.2. The topological polar surface area (TPSA) is 129 Å². The van der Waals surface area contributed by atoms with Crippen molar-refractivity contribution in [3.8, 4) is 6.07 Å². The molecule has 1 saturated heterocycles. The molecular weight excluding hydrogens is 480 g/mol.